The Morgan fingerprint density at radius 1 is 1.21 bits per heavy atom. The fourth-order valence-electron chi connectivity index (χ4n) is 4.82. The number of halogens is 1. The summed E-state index contributed by atoms with van der Waals surface area (Å²) in [5.74, 6) is -0.124. The number of fused-ring (bicyclic) bond motifs is 1. The van der Waals surface area contributed by atoms with Gasteiger partial charge in [0.15, 0.2) is 0 Å². The fourth-order valence-corrected chi connectivity index (χ4v) is 4.82. The highest BCUT2D eigenvalue weighted by atomic mass is 19.1. The van der Waals surface area contributed by atoms with Crippen LogP contribution in [-0.2, 0) is 28.9 Å². The number of piperidine rings is 1. The van der Waals surface area contributed by atoms with E-state index in [4.69, 9.17) is 15.2 Å². The SMILES string of the molecule is COCCc1ncc(CCOC)c2c(C(=O)N3CCC(c4cc(CN)ccc4F)CC3)c[nH]c12. The standard InChI is InChI=1S/C26H33FN4O3/c1-33-11-7-19-15-29-23(8-12-34-2)25-24(19)21(16-30-25)26(32)31-9-5-18(6-10-31)20-13-17(14-28)3-4-22(20)27/h3-4,13,15-16,18,30H,5-12,14,28H2,1-2H3. The van der Waals surface area contributed by atoms with Gasteiger partial charge in [0.2, 0.25) is 0 Å². The van der Waals surface area contributed by atoms with Crippen LogP contribution in [0, 0.1) is 5.82 Å². The largest absolute Gasteiger partial charge is 0.384 e. The molecule has 182 valence electrons. The predicted octanol–water partition coefficient (Wildman–Crippen LogP) is 3.56. The Hall–Kier alpha value is -2.81. The predicted molar refractivity (Wildman–Crippen MR) is 129 cm³/mol. The average molecular weight is 469 g/mol. The van der Waals surface area contributed by atoms with Gasteiger partial charge in [-0.15, -0.1) is 0 Å². The van der Waals surface area contributed by atoms with E-state index in [1.54, 1.807) is 26.5 Å². The fraction of sp³-hybridized carbons (Fsp3) is 0.462. The van der Waals surface area contributed by atoms with Crippen LogP contribution in [0.2, 0.25) is 0 Å². The Labute approximate surface area is 199 Å². The maximum Gasteiger partial charge on any atom is 0.256 e. The number of H-pyrrole nitrogens is 1. The lowest BCUT2D eigenvalue weighted by molar-refractivity contribution is 0.0714. The molecule has 1 fully saturated rings. The van der Waals surface area contributed by atoms with Crippen molar-refractivity contribution in [3.63, 3.8) is 0 Å². The van der Waals surface area contributed by atoms with Gasteiger partial charge in [-0.2, -0.15) is 0 Å². The third kappa shape index (κ3) is 4.99. The molecule has 0 unspecified atom stereocenters. The number of hydrogen-bond acceptors (Lipinski definition) is 5. The zero-order valence-electron chi connectivity index (χ0n) is 19.9. The normalized spacial score (nSPS) is 14.8. The van der Waals surface area contributed by atoms with Gasteiger partial charge in [0.1, 0.15) is 5.82 Å². The van der Waals surface area contributed by atoms with Crippen LogP contribution in [0.15, 0.2) is 30.6 Å². The summed E-state index contributed by atoms with van der Waals surface area (Å²) < 4.78 is 25.0. The van der Waals surface area contributed by atoms with Gasteiger partial charge in [0.05, 0.1) is 30.0 Å². The molecule has 1 saturated heterocycles. The van der Waals surface area contributed by atoms with Crippen molar-refractivity contribution in [3.8, 4) is 0 Å². The Bertz CT molecular complexity index is 1140. The first-order valence-corrected chi connectivity index (χ1v) is 11.8. The van der Waals surface area contributed by atoms with Crippen molar-refractivity contribution in [2.24, 2.45) is 5.73 Å². The summed E-state index contributed by atoms with van der Waals surface area (Å²) >= 11 is 0. The molecule has 0 bridgehead atoms. The molecule has 0 saturated carbocycles. The van der Waals surface area contributed by atoms with E-state index in [1.807, 2.05) is 17.2 Å². The smallest absolute Gasteiger partial charge is 0.256 e. The van der Waals surface area contributed by atoms with Crippen molar-refractivity contribution < 1.29 is 18.7 Å². The highest BCUT2D eigenvalue weighted by molar-refractivity contribution is 6.08. The van der Waals surface area contributed by atoms with Crippen molar-refractivity contribution in [1.29, 1.82) is 0 Å². The third-order valence-electron chi connectivity index (χ3n) is 6.73. The first-order valence-electron chi connectivity index (χ1n) is 11.8. The summed E-state index contributed by atoms with van der Waals surface area (Å²) in [6.45, 7) is 2.65. The van der Waals surface area contributed by atoms with Gasteiger partial charge in [-0.05, 0) is 47.9 Å². The lowest BCUT2D eigenvalue weighted by Gasteiger charge is -2.32. The number of hydrogen-bond donors (Lipinski definition) is 2. The van der Waals surface area contributed by atoms with Gasteiger partial charge < -0.3 is 25.1 Å². The topological polar surface area (TPSA) is 93.5 Å². The Morgan fingerprint density at radius 3 is 2.65 bits per heavy atom. The van der Waals surface area contributed by atoms with Crippen LogP contribution in [0.5, 0.6) is 0 Å². The van der Waals surface area contributed by atoms with Crippen molar-refractivity contribution in [3.05, 3.63) is 64.4 Å². The van der Waals surface area contributed by atoms with E-state index in [0.717, 1.165) is 40.6 Å². The Kier molecular flexibility index (Phi) is 7.92. The molecule has 3 aromatic rings. The highest BCUT2D eigenvalue weighted by Crippen LogP contribution is 2.32. The minimum Gasteiger partial charge on any atom is -0.384 e. The number of nitrogens with zero attached hydrogens (tertiary/aromatic N) is 2. The molecular formula is C26H33FN4O3. The van der Waals surface area contributed by atoms with Crippen molar-refractivity contribution in [2.75, 3.05) is 40.5 Å². The molecule has 34 heavy (non-hydrogen) atoms. The molecular weight excluding hydrogens is 435 g/mol. The van der Waals surface area contributed by atoms with E-state index in [9.17, 15) is 9.18 Å². The Balaban J connectivity index is 1.56. The monoisotopic (exact) mass is 468 g/mol. The van der Waals surface area contributed by atoms with Crippen molar-refractivity contribution in [2.45, 2.75) is 38.1 Å². The lowest BCUT2D eigenvalue weighted by atomic mass is 9.88. The average Bonchev–Trinajstić information content (AvgIpc) is 3.32. The van der Waals surface area contributed by atoms with Crippen LogP contribution < -0.4 is 5.73 Å². The number of amides is 1. The maximum absolute atomic E-state index is 14.5. The molecule has 0 spiro atoms. The molecule has 0 atom stereocenters. The number of likely N-dealkylation sites (tertiary alicyclic amines) is 1. The summed E-state index contributed by atoms with van der Waals surface area (Å²) in [6, 6.07) is 5.09. The van der Waals surface area contributed by atoms with Crippen LogP contribution in [0.1, 0.15) is 51.5 Å². The van der Waals surface area contributed by atoms with Crippen LogP contribution in [-0.4, -0.2) is 61.3 Å². The van der Waals surface area contributed by atoms with Gasteiger partial charge >= 0.3 is 0 Å². The third-order valence-corrected chi connectivity index (χ3v) is 6.73. The number of ether oxygens (including phenoxy) is 2. The molecule has 0 radical (unpaired) electrons. The van der Waals surface area contributed by atoms with Crippen LogP contribution in [0.3, 0.4) is 0 Å². The van der Waals surface area contributed by atoms with Gasteiger partial charge in [0.25, 0.3) is 5.91 Å². The van der Waals surface area contributed by atoms with E-state index < -0.39 is 0 Å². The van der Waals surface area contributed by atoms with Gasteiger partial charge in [-0.3, -0.25) is 9.78 Å². The van der Waals surface area contributed by atoms with Gasteiger partial charge in [-0.25, -0.2) is 4.39 Å². The van der Waals surface area contributed by atoms with Crippen molar-refractivity contribution in [1.82, 2.24) is 14.9 Å². The van der Waals surface area contributed by atoms with E-state index in [1.165, 1.54) is 6.07 Å². The number of methoxy groups -OCH3 is 2. The molecule has 0 aliphatic carbocycles. The zero-order chi connectivity index (χ0) is 24.1. The van der Waals surface area contributed by atoms with E-state index in [0.29, 0.717) is 56.8 Å². The molecule has 1 aromatic carbocycles. The molecule has 1 amide bonds. The Morgan fingerprint density at radius 2 is 1.94 bits per heavy atom. The quantitative estimate of drug-likeness (QED) is 0.501. The summed E-state index contributed by atoms with van der Waals surface area (Å²) in [7, 11) is 3.33. The molecule has 4 rings (SSSR count). The number of nitrogens with one attached hydrogen (secondary N) is 1. The first kappa shape index (κ1) is 24.3. The maximum atomic E-state index is 14.5. The van der Waals surface area contributed by atoms with Gasteiger partial charge in [0, 0.05) is 58.1 Å². The lowest BCUT2D eigenvalue weighted by Crippen LogP contribution is -2.38. The van der Waals surface area contributed by atoms with Gasteiger partial charge in [-0.1, -0.05) is 12.1 Å². The summed E-state index contributed by atoms with van der Waals surface area (Å²) in [6.07, 6.45) is 6.40. The highest BCUT2D eigenvalue weighted by Gasteiger charge is 2.28. The number of aromatic amines is 1. The molecule has 3 N–H and O–H groups in total. The zero-order valence-corrected chi connectivity index (χ0v) is 19.9. The number of carbonyl (C=O) groups excluding carboxylic acids is 1. The minimum atomic E-state index is -0.197. The number of carbonyl (C=O) groups is 1. The second-order valence-electron chi connectivity index (χ2n) is 8.79. The van der Waals surface area contributed by atoms with E-state index in [-0.39, 0.29) is 17.6 Å². The number of nitrogens with two attached hydrogens (primary N) is 1. The molecule has 7 nitrogen and oxygen atoms in total. The molecule has 8 heteroatoms. The summed E-state index contributed by atoms with van der Waals surface area (Å²) in [5, 5.41) is 0.909. The molecule has 2 aromatic heterocycles. The summed E-state index contributed by atoms with van der Waals surface area (Å²) in [4.78, 5) is 23.4. The summed E-state index contributed by atoms with van der Waals surface area (Å²) in [5.41, 5.74) is 10.8. The number of aromatic nitrogens is 2. The van der Waals surface area contributed by atoms with Crippen LogP contribution >= 0.6 is 0 Å². The number of pyridine rings is 1. The van der Waals surface area contributed by atoms with E-state index in [2.05, 4.69) is 9.97 Å². The first-order chi connectivity index (χ1) is 16.6. The second-order valence-corrected chi connectivity index (χ2v) is 8.79. The molecule has 1 aliphatic heterocycles. The van der Waals surface area contributed by atoms with Crippen LogP contribution in [0.4, 0.5) is 4.39 Å². The second kappa shape index (κ2) is 11.1. The van der Waals surface area contributed by atoms with Crippen molar-refractivity contribution >= 4 is 16.8 Å². The number of rotatable bonds is 9. The minimum absolute atomic E-state index is 0.0107. The van der Waals surface area contributed by atoms with E-state index >= 15 is 0 Å². The molecule has 1 aliphatic rings. The van der Waals surface area contributed by atoms with Crippen LogP contribution in [0.25, 0.3) is 10.9 Å². The molecule has 3 heterocycles. The number of benzene rings is 1.